The average Bonchev–Trinajstić information content (AvgIpc) is 2.61. The summed E-state index contributed by atoms with van der Waals surface area (Å²) in [5.74, 6) is 0.151. The minimum atomic E-state index is -4.54. The summed E-state index contributed by atoms with van der Waals surface area (Å²) in [6.07, 6.45) is -4.54. The molecule has 0 fully saturated rings. The van der Waals surface area contributed by atoms with Crippen molar-refractivity contribution in [2.24, 2.45) is 5.10 Å². The Morgan fingerprint density at radius 2 is 1.92 bits per heavy atom. The fourth-order valence-corrected chi connectivity index (χ4v) is 2.59. The standard InChI is InChI=1S/C17H16F3N3O2/c1-10-3-5-13(16(22-10)24-2)12-6-4-11(7-14(12)17(18,19)20)15-8-25-9-21-23-15/h3-7,21H,8-9H2,1-2H3. The molecule has 2 heterocycles. The lowest BCUT2D eigenvalue weighted by atomic mass is 9.96. The molecule has 0 radical (unpaired) electrons. The molecule has 0 aliphatic carbocycles. The lowest BCUT2D eigenvalue weighted by Gasteiger charge is -2.18. The predicted octanol–water partition coefficient (Wildman–Crippen LogP) is 3.37. The van der Waals surface area contributed by atoms with Gasteiger partial charge in [0, 0.05) is 16.8 Å². The molecule has 5 nitrogen and oxygen atoms in total. The molecule has 0 unspecified atom stereocenters. The lowest BCUT2D eigenvalue weighted by Crippen LogP contribution is -2.26. The molecule has 0 amide bonds. The zero-order valence-electron chi connectivity index (χ0n) is 13.6. The molecule has 1 aliphatic heterocycles. The summed E-state index contributed by atoms with van der Waals surface area (Å²) in [6, 6.07) is 7.29. The van der Waals surface area contributed by atoms with Gasteiger partial charge in [-0.3, -0.25) is 5.43 Å². The van der Waals surface area contributed by atoms with Crippen LogP contribution in [0.4, 0.5) is 13.2 Å². The molecule has 0 atom stereocenters. The molecule has 1 aliphatic rings. The molecule has 0 saturated heterocycles. The number of hydrogen-bond donors (Lipinski definition) is 1. The quantitative estimate of drug-likeness (QED) is 0.921. The van der Waals surface area contributed by atoms with E-state index in [0.29, 0.717) is 17.0 Å². The smallest absolute Gasteiger partial charge is 0.417 e. The van der Waals surface area contributed by atoms with E-state index in [0.717, 1.165) is 6.07 Å². The molecule has 1 aromatic heterocycles. The van der Waals surface area contributed by atoms with Crippen molar-refractivity contribution < 1.29 is 22.6 Å². The molecular weight excluding hydrogens is 335 g/mol. The predicted molar refractivity (Wildman–Crippen MR) is 86.5 cm³/mol. The lowest BCUT2D eigenvalue weighted by molar-refractivity contribution is -0.137. The Morgan fingerprint density at radius 1 is 1.16 bits per heavy atom. The molecule has 2 aromatic rings. The number of ether oxygens (including phenoxy) is 2. The van der Waals surface area contributed by atoms with Crippen LogP contribution in [0.1, 0.15) is 16.8 Å². The second-order valence-corrected chi connectivity index (χ2v) is 5.48. The first-order valence-corrected chi connectivity index (χ1v) is 7.51. The van der Waals surface area contributed by atoms with Gasteiger partial charge >= 0.3 is 6.18 Å². The van der Waals surface area contributed by atoms with Crippen LogP contribution in [0.5, 0.6) is 5.88 Å². The molecule has 132 valence electrons. The van der Waals surface area contributed by atoms with Gasteiger partial charge in [0.2, 0.25) is 5.88 Å². The van der Waals surface area contributed by atoms with Gasteiger partial charge in [0.05, 0.1) is 25.0 Å². The first kappa shape index (κ1) is 17.2. The summed E-state index contributed by atoms with van der Waals surface area (Å²) in [4.78, 5) is 4.16. The highest BCUT2D eigenvalue weighted by molar-refractivity contribution is 6.02. The van der Waals surface area contributed by atoms with Gasteiger partial charge in [0.25, 0.3) is 0 Å². The fourth-order valence-electron chi connectivity index (χ4n) is 2.59. The van der Waals surface area contributed by atoms with Crippen molar-refractivity contribution in [2.45, 2.75) is 13.1 Å². The zero-order valence-corrected chi connectivity index (χ0v) is 13.6. The molecule has 0 saturated carbocycles. The van der Waals surface area contributed by atoms with Crippen molar-refractivity contribution in [3.05, 3.63) is 47.2 Å². The number of aromatic nitrogens is 1. The van der Waals surface area contributed by atoms with E-state index in [1.165, 1.54) is 13.2 Å². The van der Waals surface area contributed by atoms with Crippen LogP contribution in [-0.4, -0.2) is 31.1 Å². The maximum absolute atomic E-state index is 13.6. The Morgan fingerprint density at radius 3 is 2.56 bits per heavy atom. The minimum absolute atomic E-state index is 0.00545. The summed E-state index contributed by atoms with van der Waals surface area (Å²) in [5.41, 5.74) is 3.55. The summed E-state index contributed by atoms with van der Waals surface area (Å²) < 4.78 is 51.3. The zero-order chi connectivity index (χ0) is 18.0. The second kappa shape index (κ2) is 6.72. The van der Waals surface area contributed by atoms with Crippen molar-refractivity contribution in [3.63, 3.8) is 0 Å². The topological polar surface area (TPSA) is 55.7 Å². The van der Waals surface area contributed by atoms with E-state index in [1.807, 2.05) is 0 Å². The number of alkyl halides is 3. The third-order valence-corrected chi connectivity index (χ3v) is 3.76. The molecular formula is C17H16F3N3O2. The van der Waals surface area contributed by atoms with Gasteiger partial charge in [-0.2, -0.15) is 18.3 Å². The van der Waals surface area contributed by atoms with Crippen molar-refractivity contribution in [2.75, 3.05) is 20.4 Å². The maximum atomic E-state index is 13.6. The van der Waals surface area contributed by atoms with Crippen LogP contribution in [0.25, 0.3) is 11.1 Å². The molecule has 1 N–H and O–H groups in total. The molecule has 25 heavy (non-hydrogen) atoms. The Labute approximate surface area is 142 Å². The van der Waals surface area contributed by atoms with E-state index in [2.05, 4.69) is 15.5 Å². The molecule has 1 aromatic carbocycles. The number of hydrazone groups is 1. The highest BCUT2D eigenvalue weighted by Crippen LogP contribution is 2.40. The number of benzene rings is 1. The Hall–Kier alpha value is -2.61. The van der Waals surface area contributed by atoms with E-state index < -0.39 is 11.7 Å². The summed E-state index contributed by atoms with van der Waals surface area (Å²) >= 11 is 0. The van der Waals surface area contributed by atoms with E-state index in [1.54, 1.807) is 25.1 Å². The fraction of sp³-hybridized carbons (Fsp3) is 0.294. The van der Waals surface area contributed by atoms with Gasteiger partial charge in [-0.25, -0.2) is 4.98 Å². The number of nitrogens with zero attached hydrogens (tertiary/aromatic N) is 2. The van der Waals surface area contributed by atoms with Gasteiger partial charge in [-0.05, 0) is 30.7 Å². The number of rotatable bonds is 3. The van der Waals surface area contributed by atoms with E-state index in [4.69, 9.17) is 9.47 Å². The van der Waals surface area contributed by atoms with Gasteiger partial charge < -0.3 is 9.47 Å². The number of aryl methyl sites for hydroxylation is 1. The van der Waals surface area contributed by atoms with Crippen LogP contribution in [-0.2, 0) is 10.9 Å². The highest BCUT2D eigenvalue weighted by Gasteiger charge is 2.35. The molecule has 8 heteroatoms. The Balaban J connectivity index is 2.15. The van der Waals surface area contributed by atoms with Crippen LogP contribution in [0.2, 0.25) is 0 Å². The third-order valence-electron chi connectivity index (χ3n) is 3.76. The summed E-state index contributed by atoms with van der Waals surface area (Å²) in [5, 5.41) is 4.01. The van der Waals surface area contributed by atoms with Crippen LogP contribution in [0, 0.1) is 6.92 Å². The maximum Gasteiger partial charge on any atom is 0.417 e. The van der Waals surface area contributed by atoms with E-state index in [-0.39, 0.29) is 30.3 Å². The molecule has 0 bridgehead atoms. The number of pyridine rings is 1. The second-order valence-electron chi connectivity index (χ2n) is 5.48. The van der Waals surface area contributed by atoms with E-state index >= 15 is 0 Å². The van der Waals surface area contributed by atoms with Crippen molar-refractivity contribution >= 4 is 5.71 Å². The van der Waals surface area contributed by atoms with Gasteiger partial charge in [-0.15, -0.1) is 0 Å². The van der Waals surface area contributed by atoms with E-state index in [9.17, 15) is 13.2 Å². The van der Waals surface area contributed by atoms with Crippen molar-refractivity contribution in [1.82, 2.24) is 10.4 Å². The van der Waals surface area contributed by atoms with Crippen molar-refractivity contribution in [3.8, 4) is 17.0 Å². The third kappa shape index (κ3) is 3.58. The average molecular weight is 351 g/mol. The summed E-state index contributed by atoms with van der Waals surface area (Å²) in [7, 11) is 1.38. The van der Waals surface area contributed by atoms with Crippen LogP contribution >= 0.6 is 0 Å². The van der Waals surface area contributed by atoms with Crippen LogP contribution < -0.4 is 10.2 Å². The number of nitrogens with one attached hydrogen (secondary N) is 1. The monoisotopic (exact) mass is 351 g/mol. The Kier molecular flexibility index (Phi) is 4.63. The van der Waals surface area contributed by atoms with Crippen LogP contribution in [0.3, 0.4) is 0 Å². The Bertz CT molecular complexity index is 819. The highest BCUT2D eigenvalue weighted by atomic mass is 19.4. The molecule has 3 rings (SSSR count). The summed E-state index contributed by atoms with van der Waals surface area (Å²) in [6.45, 7) is 2.13. The van der Waals surface area contributed by atoms with Crippen molar-refractivity contribution in [1.29, 1.82) is 0 Å². The number of halogens is 3. The number of methoxy groups -OCH3 is 1. The van der Waals surface area contributed by atoms with Gasteiger partial charge in [0.1, 0.15) is 6.73 Å². The normalized spacial score (nSPS) is 14.7. The van der Waals surface area contributed by atoms with Gasteiger partial charge in [0.15, 0.2) is 0 Å². The first-order valence-electron chi connectivity index (χ1n) is 7.51. The molecule has 0 spiro atoms. The van der Waals surface area contributed by atoms with Crippen LogP contribution in [0.15, 0.2) is 35.4 Å². The largest absolute Gasteiger partial charge is 0.481 e. The van der Waals surface area contributed by atoms with Gasteiger partial charge in [-0.1, -0.05) is 12.1 Å². The SMILES string of the molecule is COc1nc(C)ccc1-c1ccc(C2=NNCOC2)cc1C(F)(F)F. The minimum Gasteiger partial charge on any atom is -0.481 e. The number of hydrogen-bond acceptors (Lipinski definition) is 5. The first-order chi connectivity index (χ1) is 11.9.